The summed E-state index contributed by atoms with van der Waals surface area (Å²) in [6.07, 6.45) is 0.186. The van der Waals surface area contributed by atoms with Crippen molar-refractivity contribution in [3.63, 3.8) is 0 Å². The normalized spacial score (nSPS) is 10.8. The number of hydrogen-bond acceptors (Lipinski definition) is 6. The average molecular weight is 408 g/mol. The van der Waals surface area contributed by atoms with Crippen molar-refractivity contribution in [2.75, 3.05) is 14.2 Å². The number of aromatic nitrogens is 1. The largest absolute Gasteiger partial charge is 0.497 e. The van der Waals surface area contributed by atoms with Crippen molar-refractivity contribution in [3.8, 4) is 22.3 Å². The molecule has 0 atom stereocenters. The minimum absolute atomic E-state index is 0.130. The van der Waals surface area contributed by atoms with E-state index in [1.807, 2.05) is 36.4 Å². The highest BCUT2D eigenvalue weighted by molar-refractivity contribution is 7.21. The summed E-state index contributed by atoms with van der Waals surface area (Å²) in [6, 6.07) is 17.1. The second kappa shape index (κ2) is 8.36. The quantitative estimate of drug-likeness (QED) is 0.490. The molecule has 2 heterocycles. The van der Waals surface area contributed by atoms with Crippen LogP contribution in [-0.4, -0.2) is 25.1 Å². The van der Waals surface area contributed by atoms with E-state index in [9.17, 15) is 4.79 Å². The first-order valence-corrected chi connectivity index (χ1v) is 9.90. The van der Waals surface area contributed by atoms with Gasteiger partial charge in [0.2, 0.25) is 5.91 Å². The van der Waals surface area contributed by atoms with Crippen LogP contribution >= 0.6 is 11.3 Å². The first-order chi connectivity index (χ1) is 14.2. The molecule has 1 N–H and O–H groups in total. The highest BCUT2D eigenvalue weighted by Gasteiger charge is 2.13. The van der Waals surface area contributed by atoms with E-state index in [0.717, 1.165) is 20.8 Å². The zero-order valence-electron chi connectivity index (χ0n) is 16.1. The molecule has 0 aliphatic heterocycles. The van der Waals surface area contributed by atoms with E-state index in [-0.39, 0.29) is 12.3 Å². The molecule has 148 valence electrons. The van der Waals surface area contributed by atoms with Crippen LogP contribution in [0.4, 0.5) is 0 Å². The number of nitrogens with one attached hydrogen (secondary N) is 1. The Morgan fingerprint density at radius 2 is 1.97 bits per heavy atom. The predicted octanol–water partition coefficient (Wildman–Crippen LogP) is 4.43. The van der Waals surface area contributed by atoms with Crippen LogP contribution in [0.3, 0.4) is 0 Å². The number of hydrogen-bond donors (Lipinski definition) is 1. The van der Waals surface area contributed by atoms with Gasteiger partial charge in [-0.2, -0.15) is 0 Å². The first kappa shape index (κ1) is 19.0. The number of rotatable bonds is 7. The number of carbonyl (C=O) groups excluding carboxylic acids is 1. The third-order valence-corrected chi connectivity index (χ3v) is 5.52. The lowest BCUT2D eigenvalue weighted by Gasteiger charge is -2.10. The predicted molar refractivity (Wildman–Crippen MR) is 112 cm³/mol. The van der Waals surface area contributed by atoms with Crippen LogP contribution in [0.2, 0.25) is 0 Å². The molecule has 0 aliphatic rings. The number of carbonyl (C=O) groups is 1. The molecule has 0 radical (unpaired) electrons. The van der Waals surface area contributed by atoms with E-state index in [0.29, 0.717) is 29.6 Å². The summed E-state index contributed by atoms with van der Waals surface area (Å²) in [5, 5.41) is 3.71. The molecule has 0 unspecified atom stereocenters. The van der Waals surface area contributed by atoms with Crippen molar-refractivity contribution in [2.24, 2.45) is 0 Å². The van der Waals surface area contributed by atoms with E-state index in [4.69, 9.17) is 13.9 Å². The molecule has 6 nitrogen and oxygen atoms in total. The van der Waals surface area contributed by atoms with Crippen LogP contribution in [0, 0.1) is 0 Å². The summed E-state index contributed by atoms with van der Waals surface area (Å²) in [5.74, 6) is 2.57. The minimum Gasteiger partial charge on any atom is -0.497 e. The number of benzene rings is 2. The number of fused-ring (bicyclic) bond motifs is 1. The third kappa shape index (κ3) is 4.25. The van der Waals surface area contributed by atoms with E-state index in [2.05, 4.69) is 10.3 Å². The fraction of sp³-hybridized carbons (Fsp3) is 0.182. The van der Waals surface area contributed by atoms with Crippen molar-refractivity contribution >= 4 is 27.5 Å². The molecule has 0 aliphatic carbocycles. The van der Waals surface area contributed by atoms with Gasteiger partial charge in [-0.15, -0.1) is 11.3 Å². The number of ether oxygens (including phenoxy) is 2. The van der Waals surface area contributed by atoms with Gasteiger partial charge in [-0.3, -0.25) is 4.79 Å². The fourth-order valence-electron chi connectivity index (χ4n) is 3.01. The number of nitrogens with zero attached hydrogens (tertiary/aromatic N) is 1. The summed E-state index contributed by atoms with van der Waals surface area (Å²) >= 11 is 1.58. The molecular weight excluding hydrogens is 388 g/mol. The molecule has 0 fully saturated rings. The maximum absolute atomic E-state index is 12.4. The van der Waals surface area contributed by atoms with Gasteiger partial charge < -0.3 is 19.2 Å². The van der Waals surface area contributed by atoms with Gasteiger partial charge in [0, 0.05) is 5.56 Å². The lowest BCUT2D eigenvalue weighted by Crippen LogP contribution is -2.24. The molecule has 4 rings (SSSR count). The van der Waals surface area contributed by atoms with Gasteiger partial charge in [0.1, 0.15) is 17.3 Å². The Kier molecular flexibility index (Phi) is 5.48. The van der Waals surface area contributed by atoms with Crippen molar-refractivity contribution in [2.45, 2.75) is 13.0 Å². The van der Waals surface area contributed by atoms with Crippen LogP contribution in [0.25, 0.3) is 21.0 Å². The molecule has 7 heteroatoms. The summed E-state index contributed by atoms with van der Waals surface area (Å²) < 4.78 is 17.5. The molecule has 0 bridgehead atoms. The van der Waals surface area contributed by atoms with E-state index in [1.165, 1.54) is 0 Å². The molecule has 4 aromatic rings. The molecule has 2 aromatic carbocycles. The van der Waals surface area contributed by atoms with E-state index >= 15 is 0 Å². The molecule has 2 aromatic heterocycles. The van der Waals surface area contributed by atoms with Gasteiger partial charge in [0.25, 0.3) is 0 Å². The molecule has 29 heavy (non-hydrogen) atoms. The third-order valence-electron chi connectivity index (χ3n) is 4.46. The SMILES string of the molecule is COc1ccc(OC)c(CC(=O)NCc2ccc(-c3nc4ccccc4s3)o2)c1. The Bertz CT molecular complexity index is 1120. The van der Waals surface area contributed by atoms with Crippen molar-refractivity contribution in [1.29, 1.82) is 0 Å². The van der Waals surface area contributed by atoms with Crippen molar-refractivity contribution in [3.05, 3.63) is 65.9 Å². The lowest BCUT2D eigenvalue weighted by atomic mass is 10.1. The van der Waals surface area contributed by atoms with Gasteiger partial charge in [0.05, 0.1) is 37.4 Å². The Morgan fingerprint density at radius 3 is 2.76 bits per heavy atom. The topological polar surface area (TPSA) is 73.6 Å². The van der Waals surface area contributed by atoms with Crippen LogP contribution in [-0.2, 0) is 17.8 Å². The van der Waals surface area contributed by atoms with Crippen LogP contribution < -0.4 is 14.8 Å². The molecule has 1 amide bonds. The Hall–Kier alpha value is -3.32. The number of methoxy groups -OCH3 is 2. The molecule has 0 spiro atoms. The summed E-state index contributed by atoms with van der Waals surface area (Å²) in [5.41, 5.74) is 1.71. The fourth-order valence-corrected chi connectivity index (χ4v) is 3.93. The van der Waals surface area contributed by atoms with Gasteiger partial charge in [0.15, 0.2) is 10.8 Å². The standard InChI is InChI=1S/C22H20N2O4S/c1-26-15-7-9-18(27-2)14(11-15)12-21(25)23-13-16-8-10-19(28-16)22-24-17-5-3-4-6-20(17)29-22/h3-11H,12-13H2,1-2H3,(H,23,25). The second-order valence-electron chi connectivity index (χ2n) is 6.38. The Labute approximate surface area is 172 Å². The zero-order chi connectivity index (χ0) is 20.2. The number of amides is 1. The van der Waals surface area contributed by atoms with E-state index < -0.39 is 0 Å². The monoisotopic (exact) mass is 408 g/mol. The highest BCUT2D eigenvalue weighted by Crippen LogP contribution is 2.31. The van der Waals surface area contributed by atoms with Gasteiger partial charge in [-0.25, -0.2) is 4.98 Å². The van der Waals surface area contributed by atoms with Crippen LogP contribution in [0.5, 0.6) is 11.5 Å². The minimum atomic E-state index is -0.130. The van der Waals surface area contributed by atoms with Gasteiger partial charge >= 0.3 is 0 Å². The summed E-state index contributed by atoms with van der Waals surface area (Å²) in [7, 11) is 3.17. The number of furan rings is 1. The molecule has 0 saturated carbocycles. The van der Waals surface area contributed by atoms with Crippen molar-refractivity contribution < 1.29 is 18.7 Å². The highest BCUT2D eigenvalue weighted by atomic mass is 32.1. The van der Waals surface area contributed by atoms with Gasteiger partial charge in [-0.1, -0.05) is 12.1 Å². The number of para-hydroxylation sites is 1. The zero-order valence-corrected chi connectivity index (χ0v) is 16.9. The Balaban J connectivity index is 1.40. The maximum Gasteiger partial charge on any atom is 0.224 e. The second-order valence-corrected chi connectivity index (χ2v) is 7.41. The van der Waals surface area contributed by atoms with E-state index in [1.54, 1.807) is 43.8 Å². The Morgan fingerprint density at radius 1 is 1.10 bits per heavy atom. The van der Waals surface area contributed by atoms with Gasteiger partial charge in [-0.05, 0) is 42.5 Å². The maximum atomic E-state index is 12.4. The van der Waals surface area contributed by atoms with Crippen LogP contribution in [0.1, 0.15) is 11.3 Å². The summed E-state index contributed by atoms with van der Waals surface area (Å²) in [6.45, 7) is 0.302. The molecular formula is C22H20N2O4S. The lowest BCUT2D eigenvalue weighted by molar-refractivity contribution is -0.120. The molecule has 0 saturated heterocycles. The first-order valence-electron chi connectivity index (χ1n) is 9.08. The number of thiazole rings is 1. The average Bonchev–Trinajstić information content (AvgIpc) is 3.39. The van der Waals surface area contributed by atoms with Crippen LogP contribution in [0.15, 0.2) is 59.0 Å². The summed E-state index contributed by atoms with van der Waals surface area (Å²) in [4.78, 5) is 17.0. The smallest absolute Gasteiger partial charge is 0.224 e. The van der Waals surface area contributed by atoms with Crippen molar-refractivity contribution in [1.82, 2.24) is 10.3 Å².